The molecule has 24 heavy (non-hydrogen) atoms. The average molecular weight is 331 g/mol. The fourth-order valence-corrected chi connectivity index (χ4v) is 2.92. The molecule has 1 fully saturated rings. The first kappa shape index (κ1) is 16.3. The number of aromatic nitrogens is 1. The maximum Gasteiger partial charge on any atom is 0.255 e. The predicted molar refractivity (Wildman–Crippen MR) is 85.5 cm³/mol. The van der Waals surface area contributed by atoms with Crippen LogP contribution in [-0.2, 0) is 11.2 Å². The molecule has 7 heteroatoms. The summed E-state index contributed by atoms with van der Waals surface area (Å²) in [6, 6.07) is 3.52. The second-order valence-corrected chi connectivity index (χ2v) is 6.12. The number of nitrogens with one attached hydrogen (secondary N) is 1. The SMILES string of the molecule is Cc1cc(CC(=O)N2CCC(NC(=O)c3ccoc3C)CC2)no1. The average Bonchev–Trinajstić information content (AvgIpc) is 3.16. The fourth-order valence-electron chi connectivity index (χ4n) is 2.92. The van der Waals surface area contributed by atoms with E-state index in [1.54, 1.807) is 26.0 Å². The van der Waals surface area contributed by atoms with Gasteiger partial charge in [-0.25, -0.2) is 0 Å². The van der Waals surface area contributed by atoms with Crippen LogP contribution in [-0.4, -0.2) is 41.0 Å². The topological polar surface area (TPSA) is 88.6 Å². The molecule has 7 nitrogen and oxygen atoms in total. The van der Waals surface area contributed by atoms with E-state index >= 15 is 0 Å². The van der Waals surface area contributed by atoms with Crippen molar-refractivity contribution in [1.29, 1.82) is 0 Å². The molecule has 0 aromatic carbocycles. The molecule has 1 aliphatic rings. The number of carbonyl (C=O) groups is 2. The summed E-state index contributed by atoms with van der Waals surface area (Å²) < 4.78 is 10.1. The smallest absolute Gasteiger partial charge is 0.255 e. The van der Waals surface area contributed by atoms with Gasteiger partial charge in [-0.2, -0.15) is 0 Å². The molecule has 3 heterocycles. The molecule has 0 bridgehead atoms. The van der Waals surface area contributed by atoms with Gasteiger partial charge in [-0.1, -0.05) is 5.16 Å². The summed E-state index contributed by atoms with van der Waals surface area (Å²) in [7, 11) is 0. The molecule has 0 saturated carbocycles. The molecule has 1 saturated heterocycles. The van der Waals surface area contributed by atoms with E-state index in [2.05, 4.69) is 10.5 Å². The van der Waals surface area contributed by atoms with Crippen LogP contribution in [0.2, 0.25) is 0 Å². The van der Waals surface area contributed by atoms with Crippen molar-refractivity contribution in [1.82, 2.24) is 15.4 Å². The minimum absolute atomic E-state index is 0.0405. The second kappa shape index (κ2) is 6.90. The third kappa shape index (κ3) is 3.67. The summed E-state index contributed by atoms with van der Waals surface area (Å²) in [5.41, 5.74) is 1.22. The van der Waals surface area contributed by atoms with Crippen molar-refractivity contribution in [3.05, 3.63) is 41.2 Å². The van der Waals surface area contributed by atoms with Gasteiger partial charge in [0.2, 0.25) is 5.91 Å². The maximum absolute atomic E-state index is 12.3. The van der Waals surface area contributed by atoms with Crippen molar-refractivity contribution in [3.8, 4) is 0 Å². The van der Waals surface area contributed by atoms with Crippen molar-refractivity contribution in [3.63, 3.8) is 0 Å². The van der Waals surface area contributed by atoms with E-state index in [1.807, 2.05) is 4.90 Å². The summed E-state index contributed by atoms with van der Waals surface area (Å²) in [6.45, 7) is 4.83. The summed E-state index contributed by atoms with van der Waals surface area (Å²) in [4.78, 5) is 26.3. The third-order valence-electron chi connectivity index (χ3n) is 4.30. The van der Waals surface area contributed by atoms with E-state index in [0.29, 0.717) is 35.9 Å². The Hall–Kier alpha value is -2.57. The largest absolute Gasteiger partial charge is 0.469 e. The Morgan fingerprint density at radius 3 is 2.67 bits per heavy atom. The van der Waals surface area contributed by atoms with Crippen LogP contribution in [0.15, 0.2) is 27.3 Å². The number of aryl methyl sites for hydroxylation is 2. The van der Waals surface area contributed by atoms with E-state index < -0.39 is 0 Å². The summed E-state index contributed by atoms with van der Waals surface area (Å²) in [5.74, 6) is 1.24. The van der Waals surface area contributed by atoms with Crippen LogP contribution in [0.1, 0.15) is 40.4 Å². The highest BCUT2D eigenvalue weighted by Crippen LogP contribution is 2.15. The van der Waals surface area contributed by atoms with Gasteiger partial charge in [0.05, 0.1) is 23.9 Å². The molecule has 2 amide bonds. The molecule has 2 aromatic rings. The van der Waals surface area contributed by atoms with Gasteiger partial charge >= 0.3 is 0 Å². The van der Waals surface area contributed by atoms with Gasteiger partial charge in [-0.3, -0.25) is 9.59 Å². The van der Waals surface area contributed by atoms with Gasteiger partial charge in [0.15, 0.2) is 0 Å². The number of nitrogens with zero attached hydrogens (tertiary/aromatic N) is 2. The molecule has 128 valence electrons. The standard InChI is InChI=1S/C17H21N3O4/c1-11-9-14(19-24-11)10-16(21)20-6-3-13(4-7-20)18-17(22)15-5-8-23-12(15)2/h5,8-9,13H,3-4,6-7,10H2,1-2H3,(H,18,22). The lowest BCUT2D eigenvalue weighted by molar-refractivity contribution is -0.131. The molecule has 0 atom stereocenters. The number of hydrogen-bond acceptors (Lipinski definition) is 5. The Morgan fingerprint density at radius 2 is 2.08 bits per heavy atom. The summed E-state index contributed by atoms with van der Waals surface area (Å²) in [5, 5.41) is 6.86. The fraction of sp³-hybridized carbons (Fsp3) is 0.471. The third-order valence-corrected chi connectivity index (χ3v) is 4.30. The van der Waals surface area contributed by atoms with Crippen LogP contribution >= 0.6 is 0 Å². The normalized spacial score (nSPS) is 15.5. The number of rotatable bonds is 4. The summed E-state index contributed by atoms with van der Waals surface area (Å²) >= 11 is 0. The van der Waals surface area contributed by atoms with E-state index in [4.69, 9.17) is 8.94 Å². The minimum Gasteiger partial charge on any atom is -0.469 e. The molecule has 1 aliphatic heterocycles. The quantitative estimate of drug-likeness (QED) is 0.923. The Kier molecular flexibility index (Phi) is 4.69. The first-order valence-electron chi connectivity index (χ1n) is 8.08. The molecule has 0 aliphatic carbocycles. The highest BCUT2D eigenvalue weighted by Gasteiger charge is 2.25. The second-order valence-electron chi connectivity index (χ2n) is 6.12. The Bertz CT molecular complexity index is 726. The zero-order valence-electron chi connectivity index (χ0n) is 13.9. The first-order valence-corrected chi connectivity index (χ1v) is 8.08. The Balaban J connectivity index is 1.48. The number of hydrogen-bond donors (Lipinski definition) is 1. The van der Waals surface area contributed by atoms with Crippen molar-refractivity contribution >= 4 is 11.8 Å². The van der Waals surface area contributed by atoms with E-state index in [1.165, 1.54) is 6.26 Å². The van der Waals surface area contributed by atoms with Gasteiger partial charge in [0, 0.05) is 25.2 Å². The lowest BCUT2D eigenvalue weighted by atomic mass is 10.0. The van der Waals surface area contributed by atoms with Crippen molar-refractivity contribution < 1.29 is 18.5 Å². The highest BCUT2D eigenvalue weighted by atomic mass is 16.5. The van der Waals surface area contributed by atoms with Gasteiger partial charge < -0.3 is 19.2 Å². The lowest BCUT2D eigenvalue weighted by Crippen LogP contribution is -2.47. The molecule has 0 radical (unpaired) electrons. The first-order chi connectivity index (χ1) is 11.5. The molecule has 3 rings (SSSR count). The highest BCUT2D eigenvalue weighted by molar-refractivity contribution is 5.95. The minimum atomic E-state index is -0.121. The van der Waals surface area contributed by atoms with Crippen LogP contribution in [0, 0.1) is 13.8 Å². The van der Waals surface area contributed by atoms with Crippen molar-refractivity contribution in [2.45, 2.75) is 39.2 Å². The number of carbonyl (C=O) groups excluding carboxylic acids is 2. The van der Waals surface area contributed by atoms with Crippen LogP contribution in [0.25, 0.3) is 0 Å². The van der Waals surface area contributed by atoms with Gasteiger partial charge in [0.25, 0.3) is 5.91 Å². The monoisotopic (exact) mass is 331 g/mol. The molecule has 0 unspecified atom stereocenters. The van der Waals surface area contributed by atoms with Gasteiger partial charge in [-0.05, 0) is 32.8 Å². The Labute approximate surface area is 140 Å². The van der Waals surface area contributed by atoms with E-state index in [9.17, 15) is 9.59 Å². The van der Waals surface area contributed by atoms with Crippen molar-refractivity contribution in [2.75, 3.05) is 13.1 Å². The number of amides is 2. The van der Waals surface area contributed by atoms with Gasteiger partial charge in [0.1, 0.15) is 11.5 Å². The predicted octanol–water partition coefficient (Wildman–Crippen LogP) is 1.85. The van der Waals surface area contributed by atoms with E-state index in [0.717, 1.165) is 12.8 Å². The lowest BCUT2D eigenvalue weighted by Gasteiger charge is -2.32. The van der Waals surface area contributed by atoms with Crippen LogP contribution in [0.3, 0.4) is 0 Å². The van der Waals surface area contributed by atoms with Crippen molar-refractivity contribution in [2.24, 2.45) is 0 Å². The number of likely N-dealkylation sites (tertiary alicyclic amines) is 1. The molecule has 2 aromatic heterocycles. The Morgan fingerprint density at radius 1 is 1.33 bits per heavy atom. The zero-order chi connectivity index (χ0) is 17.1. The molecular weight excluding hydrogens is 310 g/mol. The van der Waals surface area contributed by atoms with Crippen LogP contribution in [0.5, 0.6) is 0 Å². The van der Waals surface area contributed by atoms with Gasteiger partial charge in [-0.15, -0.1) is 0 Å². The van der Waals surface area contributed by atoms with Crippen LogP contribution < -0.4 is 5.32 Å². The zero-order valence-corrected chi connectivity index (χ0v) is 13.9. The number of furan rings is 1. The molecular formula is C17H21N3O4. The molecule has 0 spiro atoms. The number of piperidine rings is 1. The maximum atomic E-state index is 12.3. The van der Waals surface area contributed by atoms with E-state index in [-0.39, 0.29) is 24.3 Å². The molecule has 1 N–H and O–H groups in total. The summed E-state index contributed by atoms with van der Waals surface area (Å²) in [6.07, 6.45) is 3.25. The van der Waals surface area contributed by atoms with Crippen LogP contribution in [0.4, 0.5) is 0 Å².